The largest absolute Gasteiger partial charge is 0.322 e. The summed E-state index contributed by atoms with van der Waals surface area (Å²) in [5.74, 6) is -0.172. The highest BCUT2D eigenvalue weighted by Crippen LogP contribution is 2.20. The number of aromatic nitrogens is 1. The van der Waals surface area contributed by atoms with E-state index in [2.05, 4.69) is 5.32 Å². The fourth-order valence-corrected chi connectivity index (χ4v) is 2.11. The minimum atomic E-state index is -0.172. The van der Waals surface area contributed by atoms with Gasteiger partial charge in [-0.1, -0.05) is 24.3 Å². The molecule has 1 heterocycles. The molecule has 0 aliphatic heterocycles. The van der Waals surface area contributed by atoms with Crippen LogP contribution in [0.3, 0.4) is 0 Å². The fraction of sp³-hybridized carbons (Fsp3) is 0. The average molecular weight is 264 g/mol. The lowest BCUT2D eigenvalue weighted by molar-refractivity contribution is 0.102. The Kier molecular flexibility index (Phi) is 3.05. The predicted octanol–water partition coefficient (Wildman–Crippen LogP) is 2.93. The van der Waals surface area contributed by atoms with E-state index < -0.39 is 0 Å². The van der Waals surface area contributed by atoms with E-state index >= 15 is 0 Å². The number of benzene rings is 2. The van der Waals surface area contributed by atoms with Gasteiger partial charge in [-0.15, -0.1) is 0 Å². The summed E-state index contributed by atoms with van der Waals surface area (Å²) in [5.41, 5.74) is 2.03. The average Bonchev–Trinajstić information content (AvgIpc) is 2.90. The highest BCUT2D eigenvalue weighted by Gasteiger charge is 2.07. The number of nitrogens with one attached hydrogen (secondary N) is 1. The zero-order valence-corrected chi connectivity index (χ0v) is 10.6. The first kappa shape index (κ1) is 12.2. The van der Waals surface area contributed by atoms with E-state index in [0.29, 0.717) is 11.3 Å². The van der Waals surface area contributed by atoms with Crippen molar-refractivity contribution >= 4 is 28.9 Å². The minimum Gasteiger partial charge on any atom is -0.322 e. The molecule has 0 aliphatic rings. The smallest absolute Gasteiger partial charge is 0.255 e. The summed E-state index contributed by atoms with van der Waals surface area (Å²) in [6, 6.07) is 16.3. The molecule has 0 aliphatic carbocycles. The normalized spacial score (nSPS) is 10.4. The monoisotopic (exact) mass is 264 g/mol. The van der Waals surface area contributed by atoms with E-state index in [0.717, 1.165) is 17.3 Å². The van der Waals surface area contributed by atoms with E-state index in [4.69, 9.17) is 0 Å². The van der Waals surface area contributed by atoms with Gasteiger partial charge in [-0.05, 0) is 30.3 Å². The molecule has 0 fully saturated rings. The van der Waals surface area contributed by atoms with Gasteiger partial charge in [0.05, 0.1) is 5.52 Å². The molecular weight excluding hydrogens is 252 g/mol. The number of carbonyl (C=O) groups is 2. The first-order valence-electron chi connectivity index (χ1n) is 6.20. The third-order valence-corrected chi connectivity index (χ3v) is 3.13. The third kappa shape index (κ3) is 2.19. The Morgan fingerprint density at radius 2 is 1.85 bits per heavy atom. The Bertz CT molecular complexity index is 776. The van der Waals surface area contributed by atoms with Gasteiger partial charge in [-0.2, -0.15) is 0 Å². The van der Waals surface area contributed by atoms with Crippen LogP contribution in [0.4, 0.5) is 5.69 Å². The Labute approximate surface area is 115 Å². The van der Waals surface area contributed by atoms with Crippen molar-refractivity contribution in [2.45, 2.75) is 0 Å². The summed E-state index contributed by atoms with van der Waals surface area (Å²) in [5, 5.41) is 3.78. The van der Waals surface area contributed by atoms with Gasteiger partial charge in [0.1, 0.15) is 0 Å². The Balaban J connectivity index is 1.91. The fourth-order valence-electron chi connectivity index (χ4n) is 2.11. The molecule has 3 rings (SSSR count). The second-order valence-corrected chi connectivity index (χ2v) is 4.42. The number of nitrogens with zero attached hydrogens (tertiary/aromatic N) is 1. The van der Waals surface area contributed by atoms with Crippen LogP contribution >= 0.6 is 0 Å². The van der Waals surface area contributed by atoms with Gasteiger partial charge in [-0.3, -0.25) is 14.2 Å². The summed E-state index contributed by atoms with van der Waals surface area (Å²) < 4.78 is 1.48. The zero-order chi connectivity index (χ0) is 13.9. The van der Waals surface area contributed by atoms with Gasteiger partial charge in [0.2, 0.25) is 6.41 Å². The van der Waals surface area contributed by atoms with Crippen molar-refractivity contribution in [2.75, 3.05) is 5.32 Å². The van der Waals surface area contributed by atoms with Crippen LogP contribution in [0.25, 0.3) is 10.9 Å². The molecule has 98 valence electrons. The number of fused-ring (bicyclic) bond motifs is 1. The second kappa shape index (κ2) is 5.01. The first-order chi connectivity index (χ1) is 9.78. The molecule has 0 atom stereocenters. The van der Waals surface area contributed by atoms with Crippen molar-refractivity contribution in [1.82, 2.24) is 4.57 Å². The zero-order valence-electron chi connectivity index (χ0n) is 10.6. The Morgan fingerprint density at radius 3 is 2.60 bits per heavy atom. The molecule has 1 aromatic heterocycles. The number of anilines is 1. The molecule has 0 bridgehead atoms. The molecule has 20 heavy (non-hydrogen) atoms. The lowest BCUT2D eigenvalue weighted by atomic mass is 10.2. The van der Waals surface area contributed by atoms with Crippen LogP contribution in [0.1, 0.15) is 10.4 Å². The summed E-state index contributed by atoms with van der Waals surface area (Å²) >= 11 is 0. The third-order valence-electron chi connectivity index (χ3n) is 3.13. The van der Waals surface area contributed by atoms with Gasteiger partial charge in [0.15, 0.2) is 0 Å². The van der Waals surface area contributed by atoms with E-state index in [1.807, 2.05) is 36.4 Å². The molecule has 0 saturated heterocycles. The maximum atomic E-state index is 12.1. The molecule has 0 saturated carbocycles. The van der Waals surface area contributed by atoms with E-state index in [9.17, 15) is 9.59 Å². The van der Waals surface area contributed by atoms with Crippen molar-refractivity contribution in [3.05, 3.63) is 66.4 Å². The van der Waals surface area contributed by atoms with Crippen molar-refractivity contribution in [3.8, 4) is 0 Å². The van der Waals surface area contributed by atoms with Crippen molar-refractivity contribution in [1.29, 1.82) is 0 Å². The Morgan fingerprint density at radius 1 is 1.05 bits per heavy atom. The molecule has 1 N–H and O–H groups in total. The van der Waals surface area contributed by atoms with Crippen LogP contribution in [0, 0.1) is 0 Å². The van der Waals surface area contributed by atoms with Crippen LogP contribution in [-0.2, 0) is 4.79 Å². The number of rotatable bonds is 3. The quantitative estimate of drug-likeness (QED) is 0.739. The van der Waals surface area contributed by atoms with Gasteiger partial charge in [-0.25, -0.2) is 0 Å². The van der Waals surface area contributed by atoms with Crippen molar-refractivity contribution < 1.29 is 9.59 Å². The molecule has 3 aromatic rings. The Hall–Kier alpha value is -2.88. The maximum absolute atomic E-state index is 12.1. The first-order valence-corrected chi connectivity index (χ1v) is 6.20. The van der Waals surface area contributed by atoms with Crippen molar-refractivity contribution in [2.24, 2.45) is 0 Å². The summed E-state index contributed by atoms with van der Waals surface area (Å²) in [6.45, 7) is 0. The SMILES string of the molecule is O=Cn1ccc2ccc(NC(=O)c3ccccc3)cc21. The van der Waals surface area contributed by atoms with Crippen LogP contribution < -0.4 is 5.32 Å². The summed E-state index contributed by atoms with van der Waals surface area (Å²) in [4.78, 5) is 23.0. The van der Waals surface area contributed by atoms with E-state index in [1.165, 1.54) is 4.57 Å². The summed E-state index contributed by atoms with van der Waals surface area (Å²) in [6.07, 6.45) is 2.44. The van der Waals surface area contributed by atoms with Gasteiger partial charge in [0.25, 0.3) is 5.91 Å². The van der Waals surface area contributed by atoms with Crippen LogP contribution in [0.2, 0.25) is 0 Å². The van der Waals surface area contributed by atoms with Crippen molar-refractivity contribution in [3.63, 3.8) is 0 Å². The molecule has 0 unspecified atom stereocenters. The number of hydrogen-bond acceptors (Lipinski definition) is 2. The standard InChI is InChI=1S/C16H12N2O2/c19-11-18-9-8-12-6-7-14(10-15(12)18)17-16(20)13-4-2-1-3-5-13/h1-11H,(H,17,20). The molecule has 2 aromatic carbocycles. The maximum Gasteiger partial charge on any atom is 0.255 e. The molecule has 4 nitrogen and oxygen atoms in total. The van der Waals surface area contributed by atoms with Crippen LogP contribution in [0.5, 0.6) is 0 Å². The second-order valence-electron chi connectivity index (χ2n) is 4.42. The minimum absolute atomic E-state index is 0.172. The van der Waals surface area contributed by atoms with Gasteiger partial charge >= 0.3 is 0 Å². The lowest BCUT2D eigenvalue weighted by Crippen LogP contribution is -2.11. The van der Waals surface area contributed by atoms with Gasteiger partial charge in [0, 0.05) is 22.8 Å². The molecule has 1 amide bonds. The topological polar surface area (TPSA) is 51.1 Å². The molecule has 4 heteroatoms. The highest BCUT2D eigenvalue weighted by atomic mass is 16.1. The lowest BCUT2D eigenvalue weighted by Gasteiger charge is -2.06. The van der Waals surface area contributed by atoms with Crippen LogP contribution in [-0.4, -0.2) is 16.9 Å². The molecule has 0 spiro atoms. The van der Waals surface area contributed by atoms with E-state index in [-0.39, 0.29) is 5.91 Å². The highest BCUT2D eigenvalue weighted by molar-refractivity contribution is 6.05. The molecular formula is C16H12N2O2. The number of carbonyl (C=O) groups excluding carboxylic acids is 2. The summed E-state index contributed by atoms with van der Waals surface area (Å²) in [7, 11) is 0. The van der Waals surface area contributed by atoms with E-state index in [1.54, 1.807) is 24.4 Å². The van der Waals surface area contributed by atoms with Crippen LogP contribution in [0.15, 0.2) is 60.8 Å². The van der Waals surface area contributed by atoms with Gasteiger partial charge < -0.3 is 5.32 Å². The number of amides is 1. The molecule has 0 radical (unpaired) electrons. The number of hydrogen-bond donors (Lipinski definition) is 1. The predicted molar refractivity (Wildman–Crippen MR) is 78.5 cm³/mol.